The van der Waals surface area contributed by atoms with Gasteiger partial charge in [-0.05, 0) is 73.5 Å². The number of carbonyl (C=O) groups excluding carboxylic acids is 2. The average molecular weight is 461 g/mol. The van der Waals surface area contributed by atoms with Crippen molar-refractivity contribution in [2.45, 2.75) is 18.9 Å². The quantitative estimate of drug-likeness (QED) is 0.441. The van der Waals surface area contributed by atoms with Gasteiger partial charge in [-0.2, -0.15) is 0 Å². The number of hydrogen-bond donors (Lipinski definition) is 2. The number of anilines is 1. The largest absolute Gasteiger partial charge is 0.490 e. The third kappa shape index (κ3) is 6.83. The standard InChI is InChI=1S/C27H28N2O5/c30-26(28-19-25-7-4-16-32-25)20-8-12-22(13-9-20)29-27(31)21-10-14-24(15-11-21)34-18-17-33-23-5-2-1-3-6-23/h1-3,5-6,8-15,25H,4,7,16-19H2,(H,28,30)(H,29,31). The maximum absolute atomic E-state index is 12.5. The summed E-state index contributed by atoms with van der Waals surface area (Å²) >= 11 is 0. The summed E-state index contributed by atoms with van der Waals surface area (Å²) in [5, 5.41) is 5.73. The van der Waals surface area contributed by atoms with Crippen LogP contribution in [-0.4, -0.2) is 44.3 Å². The molecule has 7 nitrogen and oxygen atoms in total. The maximum atomic E-state index is 12.5. The summed E-state index contributed by atoms with van der Waals surface area (Å²) in [7, 11) is 0. The molecule has 34 heavy (non-hydrogen) atoms. The number of para-hydroxylation sites is 1. The van der Waals surface area contributed by atoms with Gasteiger partial charge >= 0.3 is 0 Å². The number of rotatable bonds is 10. The molecule has 1 unspecified atom stereocenters. The van der Waals surface area contributed by atoms with Crippen LogP contribution in [0.25, 0.3) is 0 Å². The monoisotopic (exact) mass is 460 g/mol. The zero-order valence-electron chi connectivity index (χ0n) is 18.9. The van der Waals surface area contributed by atoms with Crippen LogP contribution in [0.4, 0.5) is 5.69 Å². The van der Waals surface area contributed by atoms with Crippen molar-refractivity contribution in [1.82, 2.24) is 5.32 Å². The molecule has 176 valence electrons. The summed E-state index contributed by atoms with van der Waals surface area (Å²) in [4.78, 5) is 24.8. The lowest BCUT2D eigenvalue weighted by molar-refractivity contribution is 0.0857. The van der Waals surface area contributed by atoms with E-state index in [0.29, 0.717) is 42.3 Å². The van der Waals surface area contributed by atoms with Crippen LogP contribution in [0.5, 0.6) is 11.5 Å². The van der Waals surface area contributed by atoms with Crippen LogP contribution < -0.4 is 20.1 Å². The summed E-state index contributed by atoms with van der Waals surface area (Å²) in [6.45, 7) is 2.09. The Morgan fingerprint density at radius 3 is 2.06 bits per heavy atom. The Labute approximate surface area is 199 Å². The summed E-state index contributed by atoms with van der Waals surface area (Å²) in [5.74, 6) is 1.06. The molecular weight excluding hydrogens is 432 g/mol. The van der Waals surface area contributed by atoms with E-state index in [1.807, 2.05) is 30.3 Å². The molecule has 0 saturated carbocycles. The minimum Gasteiger partial charge on any atom is -0.490 e. The molecule has 0 spiro atoms. The lowest BCUT2D eigenvalue weighted by Gasteiger charge is -2.11. The fourth-order valence-corrected chi connectivity index (χ4v) is 3.56. The van der Waals surface area contributed by atoms with Gasteiger partial charge in [0.15, 0.2) is 0 Å². The van der Waals surface area contributed by atoms with Crippen LogP contribution in [-0.2, 0) is 4.74 Å². The molecule has 3 aromatic carbocycles. The topological polar surface area (TPSA) is 85.9 Å². The van der Waals surface area contributed by atoms with Crippen LogP contribution in [0, 0.1) is 0 Å². The van der Waals surface area contributed by atoms with Gasteiger partial charge in [0.05, 0.1) is 6.10 Å². The fourth-order valence-electron chi connectivity index (χ4n) is 3.56. The summed E-state index contributed by atoms with van der Waals surface area (Å²) in [6, 6.07) is 23.3. The highest BCUT2D eigenvalue weighted by atomic mass is 16.5. The van der Waals surface area contributed by atoms with Gasteiger partial charge in [0.25, 0.3) is 11.8 Å². The molecule has 1 atom stereocenters. The van der Waals surface area contributed by atoms with E-state index in [-0.39, 0.29) is 17.9 Å². The first-order valence-corrected chi connectivity index (χ1v) is 11.4. The molecule has 1 heterocycles. The van der Waals surface area contributed by atoms with E-state index in [9.17, 15) is 9.59 Å². The molecule has 0 aromatic heterocycles. The Bertz CT molecular complexity index is 1060. The number of ether oxygens (including phenoxy) is 3. The first-order valence-electron chi connectivity index (χ1n) is 11.4. The van der Waals surface area contributed by atoms with Gasteiger partial charge in [-0.1, -0.05) is 18.2 Å². The van der Waals surface area contributed by atoms with Crippen molar-refractivity contribution in [1.29, 1.82) is 0 Å². The van der Waals surface area contributed by atoms with Crippen molar-refractivity contribution >= 4 is 17.5 Å². The summed E-state index contributed by atoms with van der Waals surface area (Å²) in [6.07, 6.45) is 2.11. The smallest absolute Gasteiger partial charge is 0.255 e. The number of amides is 2. The van der Waals surface area contributed by atoms with Crippen LogP contribution in [0.1, 0.15) is 33.6 Å². The molecule has 0 aliphatic carbocycles. The van der Waals surface area contributed by atoms with Gasteiger partial charge in [-0.3, -0.25) is 9.59 Å². The molecule has 4 rings (SSSR count). The number of hydrogen-bond acceptors (Lipinski definition) is 5. The molecule has 3 aromatic rings. The van der Waals surface area contributed by atoms with Crippen LogP contribution in [0.15, 0.2) is 78.9 Å². The molecule has 2 N–H and O–H groups in total. The Morgan fingerprint density at radius 1 is 0.794 bits per heavy atom. The van der Waals surface area contributed by atoms with E-state index in [4.69, 9.17) is 14.2 Å². The summed E-state index contributed by atoms with van der Waals surface area (Å²) in [5.41, 5.74) is 1.65. The molecule has 1 saturated heterocycles. The average Bonchev–Trinajstić information content (AvgIpc) is 3.40. The molecule has 1 fully saturated rings. The summed E-state index contributed by atoms with van der Waals surface area (Å²) < 4.78 is 16.8. The van der Waals surface area contributed by atoms with E-state index >= 15 is 0 Å². The highest BCUT2D eigenvalue weighted by Gasteiger charge is 2.16. The SMILES string of the molecule is O=C(NCC1CCCO1)c1ccc(NC(=O)c2ccc(OCCOc3ccccc3)cc2)cc1. The van der Waals surface area contributed by atoms with E-state index < -0.39 is 0 Å². The number of nitrogens with one attached hydrogen (secondary N) is 2. The Balaban J connectivity index is 1.21. The van der Waals surface area contributed by atoms with Crippen molar-refractivity contribution in [3.8, 4) is 11.5 Å². The van der Waals surface area contributed by atoms with Gasteiger partial charge in [0, 0.05) is 30.0 Å². The molecule has 1 aliphatic heterocycles. The third-order valence-electron chi connectivity index (χ3n) is 5.40. The molecule has 0 radical (unpaired) electrons. The van der Waals surface area contributed by atoms with Crippen LogP contribution in [0.2, 0.25) is 0 Å². The number of carbonyl (C=O) groups is 2. The van der Waals surface area contributed by atoms with E-state index in [2.05, 4.69) is 10.6 Å². The highest BCUT2D eigenvalue weighted by Crippen LogP contribution is 2.16. The van der Waals surface area contributed by atoms with Gasteiger partial charge < -0.3 is 24.8 Å². The predicted octanol–water partition coefficient (Wildman–Crippen LogP) is 4.31. The van der Waals surface area contributed by atoms with Gasteiger partial charge in [0.1, 0.15) is 24.7 Å². The van der Waals surface area contributed by atoms with Crippen LogP contribution >= 0.6 is 0 Å². The van der Waals surface area contributed by atoms with Crippen molar-refractivity contribution in [3.05, 3.63) is 90.0 Å². The Hall–Kier alpha value is -3.84. The third-order valence-corrected chi connectivity index (χ3v) is 5.40. The minimum absolute atomic E-state index is 0.0990. The zero-order valence-corrected chi connectivity index (χ0v) is 18.9. The first-order chi connectivity index (χ1) is 16.7. The second kappa shape index (κ2) is 11.9. The molecule has 1 aliphatic rings. The lowest BCUT2D eigenvalue weighted by Crippen LogP contribution is -2.31. The van der Waals surface area contributed by atoms with Gasteiger partial charge in [-0.15, -0.1) is 0 Å². The van der Waals surface area contributed by atoms with E-state index in [0.717, 1.165) is 25.2 Å². The molecule has 2 amide bonds. The highest BCUT2D eigenvalue weighted by molar-refractivity contribution is 6.04. The Kier molecular flexibility index (Phi) is 8.13. The predicted molar refractivity (Wildman–Crippen MR) is 130 cm³/mol. The molecule has 0 bridgehead atoms. The van der Waals surface area contributed by atoms with Crippen molar-refractivity contribution in [3.63, 3.8) is 0 Å². The van der Waals surface area contributed by atoms with Crippen molar-refractivity contribution < 1.29 is 23.8 Å². The van der Waals surface area contributed by atoms with E-state index in [1.165, 1.54) is 0 Å². The second-order valence-corrected chi connectivity index (χ2v) is 7.91. The van der Waals surface area contributed by atoms with Crippen LogP contribution in [0.3, 0.4) is 0 Å². The zero-order chi connectivity index (χ0) is 23.6. The lowest BCUT2D eigenvalue weighted by atomic mass is 10.1. The fraction of sp³-hybridized carbons (Fsp3) is 0.259. The van der Waals surface area contributed by atoms with Gasteiger partial charge in [-0.25, -0.2) is 0 Å². The minimum atomic E-state index is -0.241. The van der Waals surface area contributed by atoms with Crippen molar-refractivity contribution in [2.75, 3.05) is 31.7 Å². The Morgan fingerprint density at radius 2 is 1.41 bits per heavy atom. The van der Waals surface area contributed by atoms with E-state index in [1.54, 1.807) is 48.5 Å². The second-order valence-electron chi connectivity index (χ2n) is 7.91. The maximum Gasteiger partial charge on any atom is 0.255 e. The molecule has 7 heteroatoms. The number of benzene rings is 3. The van der Waals surface area contributed by atoms with Crippen molar-refractivity contribution in [2.24, 2.45) is 0 Å². The molecular formula is C27H28N2O5. The van der Waals surface area contributed by atoms with Gasteiger partial charge in [0.2, 0.25) is 0 Å². The normalized spacial score (nSPS) is 14.9. The first kappa shape index (κ1) is 23.3.